The van der Waals surface area contributed by atoms with E-state index in [0.717, 1.165) is 33.8 Å². The first-order valence-electron chi connectivity index (χ1n) is 10.5. The molecule has 0 saturated heterocycles. The minimum absolute atomic E-state index is 0.0744. The lowest BCUT2D eigenvalue weighted by Crippen LogP contribution is -2.05. The SMILES string of the molecule is OCc1cc(OCc2ccccc2)c(Cc2ccccc2)c(OCc2ccccc2)c1. The highest BCUT2D eigenvalue weighted by Gasteiger charge is 2.15. The molecule has 0 atom stereocenters. The van der Waals surface area contributed by atoms with Gasteiger partial charge in [-0.05, 0) is 34.4 Å². The molecule has 0 aliphatic rings. The Bertz CT molecular complexity index is 1010. The van der Waals surface area contributed by atoms with Crippen molar-refractivity contribution in [1.82, 2.24) is 0 Å². The quantitative estimate of drug-likeness (QED) is 0.372. The average molecular weight is 411 g/mol. The summed E-state index contributed by atoms with van der Waals surface area (Å²) in [6.45, 7) is 0.834. The van der Waals surface area contributed by atoms with E-state index in [4.69, 9.17) is 9.47 Å². The van der Waals surface area contributed by atoms with Gasteiger partial charge in [-0.3, -0.25) is 0 Å². The molecule has 0 aromatic heterocycles. The second-order valence-corrected chi connectivity index (χ2v) is 7.44. The molecule has 0 unspecified atom stereocenters. The Morgan fingerprint density at radius 3 is 1.35 bits per heavy atom. The summed E-state index contributed by atoms with van der Waals surface area (Å²) in [5.74, 6) is 1.48. The third kappa shape index (κ3) is 5.74. The van der Waals surface area contributed by atoms with Crippen LogP contribution in [0, 0.1) is 0 Å². The summed E-state index contributed by atoms with van der Waals surface area (Å²) in [4.78, 5) is 0. The molecule has 3 nitrogen and oxygen atoms in total. The van der Waals surface area contributed by atoms with Crippen LogP contribution in [0.25, 0.3) is 0 Å². The van der Waals surface area contributed by atoms with E-state index in [-0.39, 0.29) is 6.61 Å². The van der Waals surface area contributed by atoms with Crippen molar-refractivity contribution in [3.8, 4) is 11.5 Å². The minimum Gasteiger partial charge on any atom is -0.488 e. The van der Waals surface area contributed by atoms with Crippen molar-refractivity contribution in [3.05, 3.63) is 131 Å². The van der Waals surface area contributed by atoms with Crippen LogP contribution in [0.3, 0.4) is 0 Å². The van der Waals surface area contributed by atoms with Gasteiger partial charge in [0.05, 0.1) is 6.61 Å². The monoisotopic (exact) mass is 410 g/mol. The molecule has 1 N–H and O–H groups in total. The lowest BCUT2D eigenvalue weighted by molar-refractivity contribution is 0.268. The largest absolute Gasteiger partial charge is 0.488 e. The standard InChI is InChI=1S/C28H26O3/c29-19-25-17-27(30-20-23-12-6-2-7-13-23)26(16-22-10-4-1-5-11-22)28(18-25)31-21-24-14-8-3-9-15-24/h1-15,17-18,29H,16,19-21H2. The molecule has 156 valence electrons. The first-order chi connectivity index (χ1) is 15.3. The van der Waals surface area contributed by atoms with Crippen molar-refractivity contribution in [1.29, 1.82) is 0 Å². The van der Waals surface area contributed by atoms with E-state index in [1.165, 1.54) is 5.56 Å². The molecular weight excluding hydrogens is 384 g/mol. The van der Waals surface area contributed by atoms with Crippen molar-refractivity contribution in [2.45, 2.75) is 26.2 Å². The maximum atomic E-state index is 9.83. The van der Waals surface area contributed by atoms with Gasteiger partial charge in [-0.15, -0.1) is 0 Å². The number of ether oxygens (including phenoxy) is 2. The van der Waals surface area contributed by atoms with E-state index in [1.807, 2.05) is 91.0 Å². The zero-order chi connectivity index (χ0) is 21.3. The molecule has 4 rings (SSSR count). The summed E-state index contributed by atoms with van der Waals surface area (Å²) in [7, 11) is 0. The second kappa shape index (κ2) is 10.5. The van der Waals surface area contributed by atoms with Gasteiger partial charge in [-0.25, -0.2) is 0 Å². The van der Waals surface area contributed by atoms with Crippen LogP contribution in [-0.2, 0) is 26.2 Å². The van der Waals surface area contributed by atoms with Crippen LogP contribution in [0.5, 0.6) is 11.5 Å². The molecule has 0 fully saturated rings. The van der Waals surface area contributed by atoms with Gasteiger partial charge in [0, 0.05) is 12.0 Å². The molecule has 4 aromatic rings. The Labute approximate surface area is 183 Å². The minimum atomic E-state index is -0.0744. The van der Waals surface area contributed by atoms with E-state index in [2.05, 4.69) is 12.1 Å². The van der Waals surface area contributed by atoms with Gasteiger partial charge in [0.25, 0.3) is 0 Å². The summed E-state index contributed by atoms with van der Waals surface area (Å²) in [6, 6.07) is 34.3. The molecule has 0 heterocycles. The maximum absolute atomic E-state index is 9.83. The molecule has 31 heavy (non-hydrogen) atoms. The first-order valence-corrected chi connectivity index (χ1v) is 10.5. The molecule has 0 radical (unpaired) electrons. The molecule has 0 amide bonds. The molecule has 3 heteroatoms. The summed E-state index contributed by atoms with van der Waals surface area (Å²) in [5.41, 5.74) is 5.11. The fourth-order valence-corrected chi connectivity index (χ4v) is 3.47. The molecule has 0 aliphatic heterocycles. The van der Waals surface area contributed by atoms with E-state index in [1.54, 1.807) is 0 Å². The Hall–Kier alpha value is -3.56. The first kappa shape index (κ1) is 20.7. The van der Waals surface area contributed by atoms with E-state index in [9.17, 15) is 5.11 Å². The van der Waals surface area contributed by atoms with Crippen LogP contribution in [0.1, 0.15) is 27.8 Å². The van der Waals surface area contributed by atoms with Gasteiger partial charge in [-0.1, -0.05) is 91.0 Å². The third-order valence-electron chi connectivity index (χ3n) is 5.11. The summed E-state index contributed by atoms with van der Waals surface area (Å²) < 4.78 is 12.5. The molecule has 0 spiro atoms. The normalized spacial score (nSPS) is 10.6. The van der Waals surface area contributed by atoms with Crippen LogP contribution in [0.4, 0.5) is 0 Å². The van der Waals surface area contributed by atoms with Crippen molar-refractivity contribution in [2.75, 3.05) is 0 Å². The maximum Gasteiger partial charge on any atom is 0.127 e. The van der Waals surface area contributed by atoms with E-state index >= 15 is 0 Å². The molecule has 0 saturated carbocycles. The van der Waals surface area contributed by atoms with Crippen molar-refractivity contribution >= 4 is 0 Å². The Morgan fingerprint density at radius 1 is 0.516 bits per heavy atom. The zero-order valence-corrected chi connectivity index (χ0v) is 17.4. The number of rotatable bonds is 9. The number of hydrogen-bond acceptors (Lipinski definition) is 3. The highest BCUT2D eigenvalue weighted by Crippen LogP contribution is 2.34. The van der Waals surface area contributed by atoms with Crippen LogP contribution >= 0.6 is 0 Å². The fraction of sp³-hybridized carbons (Fsp3) is 0.143. The molecule has 0 bridgehead atoms. The Morgan fingerprint density at radius 2 is 0.935 bits per heavy atom. The second-order valence-electron chi connectivity index (χ2n) is 7.44. The number of aliphatic hydroxyl groups is 1. The molecular formula is C28H26O3. The number of hydrogen-bond donors (Lipinski definition) is 1. The van der Waals surface area contributed by atoms with Gasteiger partial charge in [0.1, 0.15) is 24.7 Å². The smallest absolute Gasteiger partial charge is 0.127 e. The van der Waals surface area contributed by atoms with Gasteiger partial charge >= 0.3 is 0 Å². The van der Waals surface area contributed by atoms with Crippen molar-refractivity contribution < 1.29 is 14.6 Å². The predicted octanol–water partition coefficient (Wildman–Crippen LogP) is 5.93. The van der Waals surface area contributed by atoms with Crippen LogP contribution in [0.2, 0.25) is 0 Å². The number of benzene rings is 4. The lowest BCUT2D eigenvalue weighted by atomic mass is 10.0. The van der Waals surface area contributed by atoms with Crippen molar-refractivity contribution in [3.63, 3.8) is 0 Å². The summed E-state index contributed by atoms with van der Waals surface area (Å²) >= 11 is 0. The van der Waals surface area contributed by atoms with Crippen molar-refractivity contribution in [2.24, 2.45) is 0 Å². The lowest BCUT2D eigenvalue weighted by Gasteiger charge is -2.18. The summed E-state index contributed by atoms with van der Waals surface area (Å²) in [6.07, 6.45) is 0.681. The Kier molecular flexibility index (Phi) is 6.99. The third-order valence-corrected chi connectivity index (χ3v) is 5.11. The van der Waals surface area contributed by atoms with E-state index < -0.39 is 0 Å². The number of aliphatic hydroxyl groups excluding tert-OH is 1. The summed E-state index contributed by atoms with van der Waals surface area (Å²) in [5, 5.41) is 9.83. The predicted molar refractivity (Wildman–Crippen MR) is 123 cm³/mol. The fourth-order valence-electron chi connectivity index (χ4n) is 3.47. The Balaban J connectivity index is 1.66. The van der Waals surface area contributed by atoms with Crippen LogP contribution in [0.15, 0.2) is 103 Å². The zero-order valence-electron chi connectivity index (χ0n) is 17.4. The molecule has 4 aromatic carbocycles. The highest BCUT2D eigenvalue weighted by molar-refractivity contribution is 5.50. The van der Waals surface area contributed by atoms with Gasteiger partial charge in [-0.2, -0.15) is 0 Å². The van der Waals surface area contributed by atoms with Crippen LogP contribution in [-0.4, -0.2) is 5.11 Å². The highest BCUT2D eigenvalue weighted by atomic mass is 16.5. The topological polar surface area (TPSA) is 38.7 Å². The van der Waals surface area contributed by atoms with Crippen LogP contribution < -0.4 is 9.47 Å². The van der Waals surface area contributed by atoms with Gasteiger partial charge in [0.15, 0.2) is 0 Å². The average Bonchev–Trinajstić information content (AvgIpc) is 2.84. The van der Waals surface area contributed by atoms with Gasteiger partial charge < -0.3 is 14.6 Å². The van der Waals surface area contributed by atoms with Gasteiger partial charge in [0.2, 0.25) is 0 Å². The van der Waals surface area contributed by atoms with E-state index in [0.29, 0.717) is 19.6 Å². The molecule has 0 aliphatic carbocycles.